The molecule has 10 nitrogen and oxygen atoms in total. The molecule has 14 heteroatoms. The zero-order valence-electron chi connectivity index (χ0n) is 19.2. The highest BCUT2D eigenvalue weighted by Gasteiger charge is 2.43. The Labute approximate surface area is 211 Å². The van der Waals surface area contributed by atoms with Crippen molar-refractivity contribution in [3.63, 3.8) is 0 Å². The Morgan fingerprint density at radius 2 is 1.92 bits per heavy atom. The van der Waals surface area contributed by atoms with Crippen LogP contribution in [0.3, 0.4) is 0 Å². The summed E-state index contributed by atoms with van der Waals surface area (Å²) in [7, 11) is 0. The monoisotopic (exact) mass is 537 g/mol. The number of rotatable bonds is 4. The van der Waals surface area contributed by atoms with Crippen molar-refractivity contribution in [2.24, 2.45) is 0 Å². The summed E-state index contributed by atoms with van der Waals surface area (Å²) in [6.07, 6.45) is 1.58. The van der Waals surface area contributed by atoms with E-state index in [9.17, 15) is 28.3 Å². The fourth-order valence-corrected chi connectivity index (χ4v) is 5.35. The summed E-state index contributed by atoms with van der Waals surface area (Å²) in [5.41, 5.74) is 3.26. The third kappa shape index (κ3) is 4.03. The second kappa shape index (κ2) is 8.92. The highest BCUT2D eigenvalue weighted by Crippen LogP contribution is 2.41. The van der Waals surface area contributed by atoms with Crippen molar-refractivity contribution in [3.8, 4) is 5.82 Å². The molecule has 0 aliphatic carbocycles. The van der Waals surface area contributed by atoms with Gasteiger partial charge in [0.15, 0.2) is 29.5 Å². The number of carbonyl (C=O) groups excluding carboxylic acids is 1. The molecule has 3 aromatic rings. The third-order valence-electron chi connectivity index (χ3n) is 6.52. The number of carboxylic acids is 1. The summed E-state index contributed by atoms with van der Waals surface area (Å²) in [6, 6.07) is 1.20. The number of anilines is 2. The topological polar surface area (TPSA) is 131 Å². The van der Waals surface area contributed by atoms with Crippen molar-refractivity contribution in [3.05, 3.63) is 56.6 Å². The minimum absolute atomic E-state index is 0.0666. The molecule has 2 aliphatic rings. The number of aromatic nitrogens is 2. The molecule has 2 aliphatic heterocycles. The molecule has 0 amide bonds. The number of ether oxygens (including phenoxy) is 1. The van der Waals surface area contributed by atoms with Gasteiger partial charge in [0.1, 0.15) is 11.4 Å². The van der Waals surface area contributed by atoms with Gasteiger partial charge >= 0.3 is 11.9 Å². The van der Waals surface area contributed by atoms with Gasteiger partial charge in [-0.05, 0) is 12.5 Å². The molecule has 2 unspecified atom stereocenters. The first kappa shape index (κ1) is 24.8. The van der Waals surface area contributed by atoms with E-state index in [1.807, 2.05) is 4.90 Å². The average molecular weight is 538 g/mol. The summed E-state index contributed by atoms with van der Waals surface area (Å²) in [6.45, 7) is 1.74. The summed E-state index contributed by atoms with van der Waals surface area (Å²) in [5.74, 6) is -6.72. The second-order valence-corrected chi connectivity index (χ2v) is 9.18. The lowest BCUT2D eigenvalue weighted by atomic mass is 10.1. The first-order valence-electron chi connectivity index (χ1n) is 11.1. The summed E-state index contributed by atoms with van der Waals surface area (Å²) in [5, 5.41) is 8.75. The molecule has 0 spiro atoms. The van der Waals surface area contributed by atoms with Crippen molar-refractivity contribution in [2.45, 2.75) is 32.0 Å². The number of esters is 1. The Morgan fingerprint density at radius 3 is 2.59 bits per heavy atom. The Balaban J connectivity index is 1.72. The van der Waals surface area contributed by atoms with Crippen molar-refractivity contribution >= 4 is 45.9 Å². The maximum Gasteiger partial charge on any atom is 0.341 e. The van der Waals surface area contributed by atoms with Gasteiger partial charge in [0.2, 0.25) is 5.43 Å². The van der Waals surface area contributed by atoms with Crippen LogP contribution >= 0.6 is 11.6 Å². The van der Waals surface area contributed by atoms with Crippen LogP contribution in [0, 0.1) is 17.5 Å². The molecule has 1 aromatic carbocycles. The molecule has 0 bridgehead atoms. The number of aromatic carboxylic acids is 1. The van der Waals surface area contributed by atoms with Crippen molar-refractivity contribution in [1.82, 2.24) is 14.5 Å². The maximum absolute atomic E-state index is 15.5. The molecule has 4 heterocycles. The van der Waals surface area contributed by atoms with Gasteiger partial charge in [-0.25, -0.2) is 27.8 Å². The van der Waals surface area contributed by atoms with E-state index in [1.54, 1.807) is 4.90 Å². The number of fused-ring (bicyclic) bond motifs is 2. The highest BCUT2D eigenvalue weighted by molar-refractivity contribution is 6.38. The van der Waals surface area contributed by atoms with Crippen LogP contribution < -0.4 is 16.1 Å². The lowest BCUT2D eigenvalue weighted by Gasteiger charge is -2.26. The van der Waals surface area contributed by atoms with Crippen molar-refractivity contribution in [1.29, 1.82) is 0 Å². The van der Waals surface area contributed by atoms with E-state index < -0.39 is 63.6 Å². The van der Waals surface area contributed by atoms with Crippen LogP contribution in [-0.2, 0) is 9.53 Å². The van der Waals surface area contributed by atoms with Gasteiger partial charge in [0, 0.05) is 38.2 Å². The van der Waals surface area contributed by atoms with Crippen LogP contribution in [0.15, 0.2) is 23.1 Å². The number of benzene rings is 1. The number of carbonyl (C=O) groups is 2. The van der Waals surface area contributed by atoms with E-state index >= 15 is 4.39 Å². The SMILES string of the molecule is CC(=O)OC1CCC2CN(c3c(F)cc4c(=O)c(C(=O)O)cn(-c5nc(N)c(F)cc5F)c4c3Cl)CN21. The maximum atomic E-state index is 15.5. The molecular weight excluding hydrogens is 519 g/mol. The number of carboxylic acid groups (broad SMARTS) is 1. The average Bonchev–Trinajstić information content (AvgIpc) is 3.38. The Morgan fingerprint density at radius 1 is 1.19 bits per heavy atom. The smallest absolute Gasteiger partial charge is 0.341 e. The van der Waals surface area contributed by atoms with E-state index in [4.69, 9.17) is 22.1 Å². The fraction of sp³-hybridized carbons (Fsp3) is 0.304. The Kier molecular flexibility index (Phi) is 5.99. The molecule has 5 rings (SSSR count). The Bertz CT molecular complexity index is 1550. The third-order valence-corrected chi connectivity index (χ3v) is 6.88. The van der Waals surface area contributed by atoms with E-state index in [-0.39, 0.29) is 28.9 Å². The van der Waals surface area contributed by atoms with Crippen molar-refractivity contribution in [2.75, 3.05) is 23.8 Å². The molecule has 2 atom stereocenters. The minimum Gasteiger partial charge on any atom is -0.477 e. The first-order valence-corrected chi connectivity index (χ1v) is 11.5. The summed E-state index contributed by atoms with van der Waals surface area (Å²) in [4.78, 5) is 43.2. The van der Waals surface area contributed by atoms with E-state index in [1.165, 1.54) is 6.92 Å². The number of halogens is 4. The van der Waals surface area contributed by atoms with E-state index in [0.29, 0.717) is 25.5 Å². The van der Waals surface area contributed by atoms with Crippen LogP contribution in [-0.4, -0.2) is 57.0 Å². The van der Waals surface area contributed by atoms with Gasteiger partial charge in [0.05, 0.1) is 28.3 Å². The second-order valence-electron chi connectivity index (χ2n) is 8.80. The molecule has 2 saturated heterocycles. The quantitative estimate of drug-likeness (QED) is 0.482. The molecular formula is C23H19ClF3N5O5. The highest BCUT2D eigenvalue weighted by atomic mass is 35.5. The summed E-state index contributed by atoms with van der Waals surface area (Å²) >= 11 is 6.64. The zero-order valence-corrected chi connectivity index (χ0v) is 19.9. The van der Waals surface area contributed by atoms with Gasteiger partial charge in [-0.15, -0.1) is 0 Å². The van der Waals surface area contributed by atoms with Gasteiger partial charge < -0.3 is 20.5 Å². The molecule has 194 valence electrons. The predicted octanol–water partition coefficient (Wildman–Crippen LogP) is 2.87. The van der Waals surface area contributed by atoms with Gasteiger partial charge in [-0.1, -0.05) is 11.6 Å². The van der Waals surface area contributed by atoms with Crippen LogP contribution in [0.1, 0.15) is 30.1 Å². The number of hydrogen-bond donors (Lipinski definition) is 2. The molecule has 37 heavy (non-hydrogen) atoms. The minimum atomic E-state index is -1.66. The van der Waals surface area contributed by atoms with Crippen molar-refractivity contribution < 1.29 is 32.6 Å². The van der Waals surface area contributed by atoms with Crippen LogP contribution in [0.2, 0.25) is 5.02 Å². The van der Waals surface area contributed by atoms with Gasteiger partial charge in [-0.3, -0.25) is 14.2 Å². The molecule has 0 saturated carbocycles. The standard InChI is InChI=1S/C23H19ClF3N5O5/c1-9(33)37-16-3-2-10-6-30(8-32(10)16)19-13(25)4-11-18(17(19)24)31(7-12(20(11)34)23(35)36)22-15(27)5-14(26)21(28)29-22/h4-5,7,10,16H,2-3,6,8H2,1H3,(H2,28,29)(H,35,36). The lowest BCUT2D eigenvalue weighted by molar-refractivity contribution is -0.153. The molecule has 2 aromatic heterocycles. The lowest BCUT2D eigenvalue weighted by Crippen LogP contribution is -2.36. The van der Waals surface area contributed by atoms with Crippen LogP contribution in [0.5, 0.6) is 0 Å². The first-order chi connectivity index (χ1) is 17.5. The number of hydrogen-bond acceptors (Lipinski definition) is 8. The fourth-order valence-electron chi connectivity index (χ4n) is 4.95. The molecule has 2 fully saturated rings. The number of nitrogens with two attached hydrogens (primary N) is 1. The number of nitrogen functional groups attached to an aromatic ring is 1. The molecule has 0 radical (unpaired) electrons. The van der Waals surface area contributed by atoms with E-state index in [0.717, 1.165) is 16.8 Å². The molecule has 3 N–H and O–H groups in total. The normalized spacial score (nSPS) is 19.4. The predicted molar refractivity (Wildman–Crippen MR) is 126 cm³/mol. The Hall–Kier alpha value is -3.84. The number of nitrogens with zero attached hydrogens (tertiary/aromatic N) is 4. The zero-order chi connectivity index (χ0) is 26.8. The summed E-state index contributed by atoms with van der Waals surface area (Å²) < 4.78 is 50.3. The largest absolute Gasteiger partial charge is 0.477 e. The van der Waals surface area contributed by atoms with Gasteiger partial charge in [-0.2, -0.15) is 0 Å². The van der Waals surface area contributed by atoms with Crippen LogP contribution in [0.4, 0.5) is 24.7 Å². The van der Waals surface area contributed by atoms with Gasteiger partial charge in [0.25, 0.3) is 0 Å². The van der Waals surface area contributed by atoms with E-state index in [2.05, 4.69) is 4.98 Å². The number of pyridine rings is 2. The van der Waals surface area contributed by atoms with Crippen LogP contribution in [0.25, 0.3) is 16.7 Å².